The summed E-state index contributed by atoms with van der Waals surface area (Å²) < 4.78 is 1.43. The zero-order valence-electron chi connectivity index (χ0n) is 14.2. The van der Waals surface area contributed by atoms with Crippen LogP contribution in [-0.4, -0.2) is 30.5 Å². The maximum absolute atomic E-state index is 4.47. The molecule has 0 saturated carbocycles. The van der Waals surface area contributed by atoms with Gasteiger partial charge in [0.05, 0.1) is 0 Å². The Morgan fingerprint density at radius 1 is 1.04 bits per heavy atom. The van der Waals surface area contributed by atoms with Gasteiger partial charge in [0.15, 0.2) is 0 Å². The second-order valence-electron chi connectivity index (χ2n) is 6.38. The van der Waals surface area contributed by atoms with E-state index in [2.05, 4.69) is 61.2 Å². The van der Waals surface area contributed by atoms with E-state index in [1.165, 1.54) is 31.8 Å². The summed E-state index contributed by atoms with van der Waals surface area (Å²) in [5, 5.41) is 1.44. The van der Waals surface area contributed by atoms with E-state index in [-0.39, 0.29) is 0 Å². The molecule has 1 aromatic carbocycles. The highest BCUT2D eigenvalue weighted by Crippen LogP contribution is 2.33. The van der Waals surface area contributed by atoms with Crippen LogP contribution in [0.25, 0.3) is 10.1 Å². The first-order chi connectivity index (χ1) is 11.1. The summed E-state index contributed by atoms with van der Waals surface area (Å²) in [6, 6.07) is 13.0. The van der Waals surface area contributed by atoms with Crippen molar-refractivity contribution in [3.8, 4) is 0 Å². The molecule has 0 aliphatic rings. The highest BCUT2D eigenvalue weighted by atomic mass is 32.1. The molecule has 0 aliphatic carbocycles. The van der Waals surface area contributed by atoms with Gasteiger partial charge < -0.3 is 4.90 Å². The molecule has 0 spiro atoms. The molecule has 0 unspecified atom stereocenters. The van der Waals surface area contributed by atoms with E-state index < -0.39 is 0 Å². The van der Waals surface area contributed by atoms with Gasteiger partial charge in [0, 0.05) is 28.0 Å². The lowest BCUT2D eigenvalue weighted by molar-refractivity contribution is 0.414. The van der Waals surface area contributed by atoms with Gasteiger partial charge >= 0.3 is 0 Å². The van der Waals surface area contributed by atoms with Gasteiger partial charge in [-0.1, -0.05) is 18.2 Å². The smallest absolute Gasteiger partial charge is 0.0406 e. The molecule has 23 heavy (non-hydrogen) atoms. The third kappa shape index (κ3) is 3.98. The summed E-state index contributed by atoms with van der Waals surface area (Å²) >= 11 is 1.97. The number of pyridine rings is 1. The van der Waals surface area contributed by atoms with Crippen LogP contribution in [0.2, 0.25) is 0 Å². The SMILES string of the molecule is Cc1ccc2c(CCc3ccccn3)c(CCN(C)C)sc2c1. The molecule has 0 saturated heterocycles. The number of nitrogens with zero attached hydrogens (tertiary/aromatic N) is 2. The number of thiophene rings is 1. The molecule has 2 aromatic heterocycles. The van der Waals surface area contributed by atoms with Gasteiger partial charge in [-0.15, -0.1) is 11.3 Å². The van der Waals surface area contributed by atoms with E-state index in [0.29, 0.717) is 0 Å². The predicted molar refractivity (Wildman–Crippen MR) is 100 cm³/mol. The second-order valence-corrected chi connectivity index (χ2v) is 7.51. The van der Waals surface area contributed by atoms with Crippen LogP contribution in [0, 0.1) is 6.92 Å². The van der Waals surface area contributed by atoms with E-state index in [0.717, 1.165) is 25.8 Å². The van der Waals surface area contributed by atoms with Gasteiger partial charge in [0.2, 0.25) is 0 Å². The van der Waals surface area contributed by atoms with Crippen molar-refractivity contribution < 1.29 is 0 Å². The number of likely N-dealkylation sites (N-methyl/N-ethyl adjacent to an activating group) is 1. The molecule has 3 rings (SSSR count). The van der Waals surface area contributed by atoms with E-state index in [1.807, 2.05) is 23.6 Å². The lowest BCUT2D eigenvalue weighted by Gasteiger charge is -2.10. The molecule has 0 bridgehead atoms. The lowest BCUT2D eigenvalue weighted by Crippen LogP contribution is -2.15. The normalized spacial score (nSPS) is 11.5. The first-order valence-corrected chi connectivity index (χ1v) is 9.00. The van der Waals surface area contributed by atoms with Crippen molar-refractivity contribution >= 4 is 21.4 Å². The monoisotopic (exact) mass is 324 g/mol. The van der Waals surface area contributed by atoms with Crippen molar-refractivity contribution in [2.45, 2.75) is 26.2 Å². The number of benzene rings is 1. The van der Waals surface area contributed by atoms with Gasteiger partial charge in [-0.25, -0.2) is 0 Å². The van der Waals surface area contributed by atoms with E-state index in [1.54, 1.807) is 0 Å². The Balaban J connectivity index is 1.90. The Morgan fingerprint density at radius 3 is 2.65 bits per heavy atom. The Kier molecular flexibility index (Phi) is 5.09. The lowest BCUT2D eigenvalue weighted by atomic mass is 10.0. The molecule has 0 atom stereocenters. The average Bonchev–Trinajstić information content (AvgIpc) is 2.88. The van der Waals surface area contributed by atoms with Gasteiger partial charge in [0.25, 0.3) is 0 Å². The molecular weight excluding hydrogens is 300 g/mol. The van der Waals surface area contributed by atoms with Crippen LogP contribution in [0.1, 0.15) is 21.7 Å². The van der Waals surface area contributed by atoms with Crippen molar-refractivity contribution in [1.29, 1.82) is 0 Å². The summed E-state index contributed by atoms with van der Waals surface area (Å²) in [5.41, 5.74) is 4.05. The molecule has 0 amide bonds. The van der Waals surface area contributed by atoms with Crippen LogP contribution in [-0.2, 0) is 19.3 Å². The number of hydrogen-bond acceptors (Lipinski definition) is 3. The fourth-order valence-corrected chi connectivity index (χ4v) is 4.25. The molecule has 120 valence electrons. The minimum Gasteiger partial charge on any atom is -0.309 e. The Labute approximate surface area is 142 Å². The maximum Gasteiger partial charge on any atom is 0.0406 e. The van der Waals surface area contributed by atoms with Crippen LogP contribution in [0.15, 0.2) is 42.6 Å². The number of aryl methyl sites for hydroxylation is 3. The first kappa shape index (κ1) is 16.2. The quantitative estimate of drug-likeness (QED) is 0.664. The maximum atomic E-state index is 4.47. The molecule has 0 radical (unpaired) electrons. The minimum absolute atomic E-state index is 1.01. The van der Waals surface area contributed by atoms with Crippen molar-refractivity contribution in [3.05, 3.63) is 64.3 Å². The fourth-order valence-electron chi connectivity index (χ4n) is 2.91. The Morgan fingerprint density at radius 2 is 1.91 bits per heavy atom. The molecule has 0 N–H and O–H groups in total. The molecular formula is C20H24N2S. The molecule has 3 aromatic rings. The predicted octanol–water partition coefficient (Wildman–Crippen LogP) is 4.49. The molecule has 2 nitrogen and oxygen atoms in total. The zero-order chi connectivity index (χ0) is 16.2. The summed E-state index contributed by atoms with van der Waals surface area (Å²) in [4.78, 5) is 8.27. The second kappa shape index (κ2) is 7.24. The highest BCUT2D eigenvalue weighted by Gasteiger charge is 2.13. The fraction of sp³-hybridized carbons (Fsp3) is 0.350. The van der Waals surface area contributed by atoms with E-state index in [9.17, 15) is 0 Å². The third-order valence-corrected chi connectivity index (χ3v) is 5.43. The van der Waals surface area contributed by atoms with Crippen molar-refractivity contribution in [2.24, 2.45) is 0 Å². The Hall–Kier alpha value is -1.71. The van der Waals surface area contributed by atoms with Gasteiger partial charge in [-0.3, -0.25) is 4.98 Å². The largest absolute Gasteiger partial charge is 0.309 e. The van der Waals surface area contributed by atoms with E-state index >= 15 is 0 Å². The summed E-state index contributed by atoms with van der Waals surface area (Å²) in [7, 11) is 4.29. The van der Waals surface area contributed by atoms with Gasteiger partial charge in [-0.05, 0) is 75.0 Å². The Bertz CT molecular complexity index is 775. The van der Waals surface area contributed by atoms with Crippen LogP contribution >= 0.6 is 11.3 Å². The number of rotatable bonds is 6. The van der Waals surface area contributed by atoms with E-state index in [4.69, 9.17) is 0 Å². The topological polar surface area (TPSA) is 16.1 Å². The van der Waals surface area contributed by atoms with Crippen molar-refractivity contribution in [3.63, 3.8) is 0 Å². The summed E-state index contributed by atoms with van der Waals surface area (Å²) in [6.07, 6.45) is 5.10. The van der Waals surface area contributed by atoms with Crippen molar-refractivity contribution in [1.82, 2.24) is 9.88 Å². The molecule has 0 aliphatic heterocycles. The van der Waals surface area contributed by atoms with Crippen molar-refractivity contribution in [2.75, 3.05) is 20.6 Å². The molecule has 3 heteroatoms. The number of hydrogen-bond donors (Lipinski definition) is 0. The van der Waals surface area contributed by atoms with Crippen LogP contribution < -0.4 is 0 Å². The van der Waals surface area contributed by atoms with Gasteiger partial charge in [-0.2, -0.15) is 0 Å². The standard InChI is InChI=1S/C20H24N2S/c1-15-7-9-18-17(10-8-16-6-4-5-12-21-16)19(11-13-22(2)3)23-20(18)14-15/h4-7,9,12,14H,8,10-11,13H2,1-3H3. The highest BCUT2D eigenvalue weighted by molar-refractivity contribution is 7.19. The van der Waals surface area contributed by atoms with Crippen LogP contribution in [0.4, 0.5) is 0 Å². The summed E-state index contributed by atoms with van der Waals surface area (Å²) in [6.45, 7) is 3.27. The third-order valence-electron chi connectivity index (χ3n) is 4.18. The molecule has 2 heterocycles. The van der Waals surface area contributed by atoms with Crippen LogP contribution in [0.5, 0.6) is 0 Å². The zero-order valence-corrected chi connectivity index (χ0v) is 15.0. The number of aromatic nitrogens is 1. The first-order valence-electron chi connectivity index (χ1n) is 8.19. The average molecular weight is 324 g/mol. The van der Waals surface area contributed by atoms with Crippen LogP contribution in [0.3, 0.4) is 0 Å². The number of fused-ring (bicyclic) bond motifs is 1. The van der Waals surface area contributed by atoms with Gasteiger partial charge in [0.1, 0.15) is 0 Å². The minimum atomic E-state index is 1.01. The summed E-state index contributed by atoms with van der Waals surface area (Å²) in [5.74, 6) is 0. The molecule has 0 fully saturated rings.